The molecule has 2 aliphatic heterocycles. The fourth-order valence-electron chi connectivity index (χ4n) is 7.44. The first-order valence-corrected chi connectivity index (χ1v) is 16.0. The molecule has 2 fully saturated rings. The molecule has 0 amide bonds. The number of phenols is 1. The average molecular weight is 613 g/mol. The fraction of sp³-hybridized carbons (Fsp3) is 0.765. The van der Waals surface area contributed by atoms with Crippen molar-refractivity contribution in [2.45, 2.75) is 142 Å². The minimum atomic E-state index is -1.43. The number of Topliss-reactive ketones (excluding diaryl/α,β-unsaturated/α-hetero) is 1. The molecule has 10 atom stereocenters. The predicted molar refractivity (Wildman–Crippen MR) is 159 cm³/mol. The van der Waals surface area contributed by atoms with E-state index in [0.717, 1.165) is 12.8 Å². The zero-order valence-corrected chi connectivity index (χ0v) is 29.8. The molecule has 5 unspecified atom stereocenters. The average Bonchev–Trinajstić information content (AvgIpc) is 3.31. The van der Waals surface area contributed by atoms with Crippen LogP contribution >= 0.6 is 0 Å². The van der Waals surface area contributed by atoms with Crippen LogP contribution in [-0.4, -0.2) is 62.7 Å². The van der Waals surface area contributed by atoms with Gasteiger partial charge in [-0.05, 0) is 88.2 Å². The minimum Gasteiger partial charge on any atom is -0.545 e. The quantitative estimate of drug-likeness (QED) is 0.285. The number of aromatic hydroxyl groups is 1. The minimum absolute atomic E-state index is 0. The number of aromatic carboxylic acids is 1. The summed E-state index contributed by atoms with van der Waals surface area (Å²) >= 11 is 0. The Morgan fingerprint density at radius 1 is 1.14 bits per heavy atom. The summed E-state index contributed by atoms with van der Waals surface area (Å²) in [6.07, 6.45) is 3.21. The molecule has 2 heterocycles. The second kappa shape index (κ2) is 15.5. The molecule has 3 N–H and O–H groups in total. The van der Waals surface area contributed by atoms with Gasteiger partial charge in [0.2, 0.25) is 0 Å². The first kappa shape index (κ1) is 38.2. The third kappa shape index (κ3) is 7.87. The van der Waals surface area contributed by atoms with Crippen LogP contribution in [0.4, 0.5) is 0 Å². The van der Waals surface area contributed by atoms with E-state index in [-0.39, 0.29) is 82.7 Å². The molecule has 0 radical (unpaired) electrons. The molecule has 43 heavy (non-hydrogen) atoms. The summed E-state index contributed by atoms with van der Waals surface area (Å²) in [4.78, 5) is 25.5. The predicted octanol–water partition coefficient (Wildman–Crippen LogP) is 1.51. The van der Waals surface area contributed by atoms with Crippen LogP contribution in [0.2, 0.25) is 0 Å². The maximum atomic E-state index is 13.9. The van der Waals surface area contributed by atoms with Gasteiger partial charge in [0.1, 0.15) is 11.5 Å². The van der Waals surface area contributed by atoms with E-state index in [0.29, 0.717) is 49.7 Å². The number of aliphatic hydroxyl groups excluding tert-OH is 1. The third-order valence-corrected chi connectivity index (χ3v) is 10.6. The summed E-state index contributed by atoms with van der Waals surface area (Å²) in [5.41, 5.74) is -0.659. The van der Waals surface area contributed by atoms with E-state index in [4.69, 9.17) is 9.47 Å². The maximum Gasteiger partial charge on any atom is 1.00 e. The molecule has 238 valence electrons. The van der Waals surface area contributed by atoms with Crippen molar-refractivity contribution in [1.82, 2.24) is 0 Å². The van der Waals surface area contributed by atoms with Crippen LogP contribution in [0.1, 0.15) is 115 Å². The van der Waals surface area contributed by atoms with Crippen molar-refractivity contribution in [2.24, 2.45) is 23.7 Å². The molecule has 8 nitrogen and oxygen atoms in total. The summed E-state index contributed by atoms with van der Waals surface area (Å²) in [5, 5.41) is 44.1. The third-order valence-electron chi connectivity index (χ3n) is 10.6. The number of carbonyl (C=O) groups excluding carboxylic acids is 2. The summed E-state index contributed by atoms with van der Waals surface area (Å²) in [5.74, 6) is -2.92. The summed E-state index contributed by atoms with van der Waals surface area (Å²) in [6, 6.07) is 3.33. The SMILES string of the molecule is CCC(C(=O)C(C)C(O)C(C)CCc1ccc(C)c(O)c1C(=O)[O-])[C@H]1O[C@](CC)([C@H]2CCC(O)(CC)[C@H](C)O2)C[C@H]1C.[Na+]. The Morgan fingerprint density at radius 2 is 1.79 bits per heavy atom. The molecule has 2 saturated heterocycles. The van der Waals surface area contributed by atoms with Gasteiger partial charge in [0.15, 0.2) is 0 Å². The van der Waals surface area contributed by atoms with Gasteiger partial charge in [-0.3, -0.25) is 4.79 Å². The van der Waals surface area contributed by atoms with Gasteiger partial charge in [-0.15, -0.1) is 0 Å². The van der Waals surface area contributed by atoms with E-state index in [1.54, 1.807) is 26.0 Å². The number of benzene rings is 1. The number of hydrogen-bond donors (Lipinski definition) is 3. The van der Waals surface area contributed by atoms with Crippen molar-refractivity contribution in [3.8, 4) is 5.75 Å². The number of carboxylic acids is 1. The van der Waals surface area contributed by atoms with Crippen molar-refractivity contribution in [2.75, 3.05) is 0 Å². The number of carboxylic acid groups (broad SMARTS) is 1. The molecule has 2 aliphatic rings. The summed E-state index contributed by atoms with van der Waals surface area (Å²) < 4.78 is 13.2. The number of ketones is 1. The number of aryl methyl sites for hydroxylation is 2. The number of hydrogen-bond acceptors (Lipinski definition) is 8. The summed E-state index contributed by atoms with van der Waals surface area (Å²) in [7, 11) is 0. The molecule has 0 saturated carbocycles. The van der Waals surface area contributed by atoms with Crippen LogP contribution in [0.3, 0.4) is 0 Å². The molecule has 0 spiro atoms. The summed E-state index contributed by atoms with van der Waals surface area (Å²) in [6.45, 7) is 15.4. The number of ether oxygens (including phenoxy) is 2. The Balaban J connectivity index is 0.00000645. The van der Waals surface area contributed by atoms with Gasteiger partial charge in [0.05, 0.1) is 41.6 Å². The van der Waals surface area contributed by atoms with Crippen LogP contribution in [0.15, 0.2) is 12.1 Å². The van der Waals surface area contributed by atoms with Gasteiger partial charge < -0.3 is 34.7 Å². The molecular formula is C34H53NaO8. The molecular weight excluding hydrogens is 559 g/mol. The second-order valence-corrected chi connectivity index (χ2v) is 13.2. The number of carbonyl (C=O) groups is 2. The first-order valence-electron chi connectivity index (χ1n) is 16.0. The maximum absolute atomic E-state index is 13.9. The van der Waals surface area contributed by atoms with E-state index in [1.165, 1.54) is 0 Å². The Hall–Kier alpha value is -1.00. The molecule has 1 aromatic carbocycles. The van der Waals surface area contributed by atoms with E-state index in [2.05, 4.69) is 13.8 Å². The van der Waals surface area contributed by atoms with Crippen LogP contribution in [0.25, 0.3) is 0 Å². The molecule has 1 aromatic rings. The van der Waals surface area contributed by atoms with Crippen LogP contribution < -0.4 is 34.7 Å². The van der Waals surface area contributed by atoms with Gasteiger partial charge in [-0.1, -0.05) is 53.7 Å². The second-order valence-electron chi connectivity index (χ2n) is 13.2. The smallest absolute Gasteiger partial charge is 0.545 e. The van der Waals surface area contributed by atoms with Crippen molar-refractivity contribution in [3.05, 3.63) is 28.8 Å². The van der Waals surface area contributed by atoms with Gasteiger partial charge in [0, 0.05) is 17.4 Å². The van der Waals surface area contributed by atoms with E-state index in [1.807, 2.05) is 27.7 Å². The Morgan fingerprint density at radius 3 is 2.33 bits per heavy atom. The zero-order valence-electron chi connectivity index (χ0n) is 27.8. The standard InChI is InChI=1S/C34H54O8.Na/c1-9-25(31-21(6)18-34(11-3,42-31)26-16-17-33(40,10-2)23(8)41-26)30(37)22(7)28(35)19(4)12-14-24-15-13-20(5)29(36)27(24)32(38)39;/h13,15,19,21-23,25-26,28,31,35-36,40H,9-12,14,16-18H2,1-8H3,(H,38,39);/q;+1/p-1/t19?,21-,22?,23+,25?,26-,28?,31+,33?,34+;/m1./s1. The number of aliphatic hydroxyl groups is 2. The van der Waals surface area contributed by atoms with E-state index >= 15 is 0 Å². The first-order chi connectivity index (χ1) is 19.7. The van der Waals surface area contributed by atoms with Crippen LogP contribution in [-0.2, 0) is 20.7 Å². The topological polar surface area (TPSA) is 136 Å². The van der Waals surface area contributed by atoms with E-state index < -0.39 is 29.2 Å². The molecule has 9 heteroatoms. The van der Waals surface area contributed by atoms with Gasteiger partial charge in [-0.2, -0.15) is 0 Å². The van der Waals surface area contributed by atoms with Crippen molar-refractivity contribution < 1.29 is 69.0 Å². The van der Waals surface area contributed by atoms with Crippen molar-refractivity contribution >= 4 is 11.8 Å². The largest absolute Gasteiger partial charge is 1.00 e. The normalized spacial score (nSPS) is 32.0. The van der Waals surface area contributed by atoms with Crippen molar-refractivity contribution in [1.29, 1.82) is 0 Å². The Labute approximate surface area is 280 Å². The molecule has 0 aromatic heterocycles. The molecule has 0 aliphatic carbocycles. The zero-order chi connectivity index (χ0) is 31.6. The van der Waals surface area contributed by atoms with Gasteiger partial charge >= 0.3 is 29.6 Å². The Kier molecular flexibility index (Phi) is 13.8. The van der Waals surface area contributed by atoms with Crippen molar-refractivity contribution in [3.63, 3.8) is 0 Å². The molecule has 0 bridgehead atoms. The Bertz CT molecular complexity index is 1110. The number of rotatable bonds is 13. The van der Waals surface area contributed by atoms with Crippen LogP contribution in [0, 0.1) is 30.6 Å². The fourth-order valence-corrected chi connectivity index (χ4v) is 7.44. The van der Waals surface area contributed by atoms with Gasteiger partial charge in [0.25, 0.3) is 0 Å². The van der Waals surface area contributed by atoms with Gasteiger partial charge in [-0.25, -0.2) is 0 Å². The van der Waals surface area contributed by atoms with E-state index in [9.17, 15) is 30.0 Å². The molecule has 3 rings (SSSR count). The van der Waals surface area contributed by atoms with Crippen LogP contribution in [0.5, 0.6) is 5.75 Å². The monoisotopic (exact) mass is 612 g/mol.